The Hall–Kier alpha value is -2.86. The molecule has 0 aromatic heterocycles. The molecule has 0 unspecified atom stereocenters. The second-order valence-electron chi connectivity index (χ2n) is 4.92. The molecule has 3 N–H and O–H groups in total. The number of methoxy groups -OCH3 is 1. The van der Waals surface area contributed by atoms with Crippen LogP contribution < -0.4 is 4.74 Å². The van der Waals surface area contributed by atoms with Crippen LogP contribution in [0.1, 0.15) is 37.4 Å². The first-order valence-corrected chi connectivity index (χ1v) is 6.45. The zero-order chi connectivity index (χ0) is 16.0. The van der Waals surface area contributed by atoms with Crippen LogP contribution in [0.5, 0.6) is 17.2 Å². The Balaban J connectivity index is 2.35. The molecule has 0 bridgehead atoms. The van der Waals surface area contributed by atoms with Gasteiger partial charge in [0.15, 0.2) is 5.78 Å². The summed E-state index contributed by atoms with van der Waals surface area (Å²) >= 11 is 0. The Morgan fingerprint density at radius 2 is 1.64 bits per heavy atom. The van der Waals surface area contributed by atoms with Crippen molar-refractivity contribution in [3.8, 4) is 17.2 Å². The molecule has 0 amide bonds. The number of hydrogen-bond acceptors (Lipinski definition) is 6. The van der Waals surface area contributed by atoms with Crippen molar-refractivity contribution in [2.75, 3.05) is 7.11 Å². The number of aromatic hydroxyl groups is 2. The molecular weight excluding hydrogens is 288 g/mol. The molecular formula is C16H12O6. The Morgan fingerprint density at radius 3 is 2.27 bits per heavy atom. The molecule has 1 aliphatic carbocycles. The number of fused-ring (bicyclic) bond motifs is 2. The van der Waals surface area contributed by atoms with Gasteiger partial charge in [0.25, 0.3) is 0 Å². The van der Waals surface area contributed by atoms with E-state index < -0.39 is 11.6 Å². The molecule has 0 radical (unpaired) electrons. The Kier molecular flexibility index (Phi) is 3.11. The van der Waals surface area contributed by atoms with Gasteiger partial charge in [0.2, 0.25) is 5.78 Å². The van der Waals surface area contributed by atoms with E-state index in [1.807, 2.05) is 0 Å². The summed E-state index contributed by atoms with van der Waals surface area (Å²) in [5, 5.41) is 28.9. The molecule has 0 fully saturated rings. The van der Waals surface area contributed by atoms with Crippen LogP contribution in [0.25, 0.3) is 0 Å². The van der Waals surface area contributed by atoms with Gasteiger partial charge in [-0.2, -0.15) is 0 Å². The van der Waals surface area contributed by atoms with Crippen LogP contribution in [0, 0.1) is 0 Å². The van der Waals surface area contributed by atoms with Gasteiger partial charge >= 0.3 is 0 Å². The van der Waals surface area contributed by atoms with Crippen LogP contribution in [-0.2, 0) is 6.61 Å². The minimum atomic E-state index is -0.566. The molecule has 6 nitrogen and oxygen atoms in total. The lowest BCUT2D eigenvalue weighted by Gasteiger charge is -2.21. The number of ether oxygens (including phenoxy) is 1. The standard InChI is InChI=1S/C16H12O6/c1-22-12-5-8(18)4-10-14(12)16(21)13-9(15(10)20)2-7(6-17)3-11(13)19/h2-5,17-19H,6H2,1H3. The van der Waals surface area contributed by atoms with Crippen molar-refractivity contribution in [3.63, 3.8) is 0 Å². The van der Waals surface area contributed by atoms with Gasteiger partial charge in [0, 0.05) is 17.2 Å². The van der Waals surface area contributed by atoms with E-state index in [1.54, 1.807) is 0 Å². The van der Waals surface area contributed by atoms with E-state index in [2.05, 4.69) is 0 Å². The van der Waals surface area contributed by atoms with Crippen LogP contribution >= 0.6 is 0 Å². The summed E-state index contributed by atoms with van der Waals surface area (Å²) in [6.07, 6.45) is 0. The van der Waals surface area contributed by atoms with Gasteiger partial charge in [-0.1, -0.05) is 0 Å². The summed E-state index contributed by atoms with van der Waals surface area (Å²) < 4.78 is 5.06. The van der Waals surface area contributed by atoms with Crippen molar-refractivity contribution in [3.05, 3.63) is 52.1 Å². The van der Waals surface area contributed by atoms with E-state index in [0.717, 1.165) is 0 Å². The fourth-order valence-corrected chi connectivity index (χ4v) is 2.64. The Bertz CT molecular complexity index is 818. The summed E-state index contributed by atoms with van der Waals surface area (Å²) in [6, 6.07) is 5.01. The van der Waals surface area contributed by atoms with E-state index in [0.29, 0.717) is 5.56 Å². The number of phenolic OH excluding ortho intramolecular Hbond substituents is 2. The number of ketones is 2. The molecule has 6 heteroatoms. The van der Waals surface area contributed by atoms with Crippen molar-refractivity contribution >= 4 is 11.6 Å². The highest BCUT2D eigenvalue weighted by Gasteiger charge is 2.35. The summed E-state index contributed by atoms with van der Waals surface area (Å²) in [6.45, 7) is -0.376. The van der Waals surface area contributed by atoms with Crippen molar-refractivity contribution < 1.29 is 29.6 Å². The van der Waals surface area contributed by atoms with Crippen LogP contribution in [0.3, 0.4) is 0 Å². The fraction of sp³-hybridized carbons (Fsp3) is 0.125. The first-order chi connectivity index (χ1) is 10.5. The first kappa shape index (κ1) is 14.1. The molecule has 0 saturated heterocycles. The maximum atomic E-state index is 12.6. The third-order valence-electron chi connectivity index (χ3n) is 3.61. The third kappa shape index (κ3) is 1.85. The molecule has 112 valence electrons. The van der Waals surface area contributed by atoms with Crippen molar-refractivity contribution in [2.45, 2.75) is 6.61 Å². The minimum absolute atomic E-state index is 0.00356. The number of hydrogen-bond donors (Lipinski definition) is 3. The Morgan fingerprint density at radius 1 is 0.955 bits per heavy atom. The lowest BCUT2D eigenvalue weighted by atomic mass is 9.82. The second kappa shape index (κ2) is 4.85. The quantitative estimate of drug-likeness (QED) is 0.660. The van der Waals surface area contributed by atoms with E-state index in [1.165, 1.54) is 31.4 Å². The zero-order valence-electron chi connectivity index (χ0n) is 11.6. The maximum Gasteiger partial charge on any atom is 0.201 e. The van der Waals surface area contributed by atoms with Gasteiger partial charge in [-0.05, 0) is 23.8 Å². The SMILES string of the molecule is COc1cc(O)cc2c1C(=O)c1c(O)cc(CO)cc1C2=O. The largest absolute Gasteiger partial charge is 0.508 e. The number of aliphatic hydroxyl groups is 1. The van der Waals surface area contributed by atoms with E-state index in [4.69, 9.17) is 9.84 Å². The predicted octanol–water partition coefficient (Wildman–Crippen LogP) is 1.37. The number of phenols is 2. The van der Waals surface area contributed by atoms with E-state index in [9.17, 15) is 19.8 Å². The van der Waals surface area contributed by atoms with Gasteiger partial charge in [-0.3, -0.25) is 9.59 Å². The first-order valence-electron chi connectivity index (χ1n) is 6.45. The van der Waals surface area contributed by atoms with Crippen molar-refractivity contribution in [1.29, 1.82) is 0 Å². The molecule has 0 saturated carbocycles. The van der Waals surface area contributed by atoms with Crippen LogP contribution in [0.15, 0.2) is 24.3 Å². The minimum Gasteiger partial charge on any atom is -0.508 e. The van der Waals surface area contributed by atoms with Gasteiger partial charge in [0.05, 0.1) is 24.8 Å². The molecule has 0 atom stereocenters. The van der Waals surface area contributed by atoms with Crippen LogP contribution in [-0.4, -0.2) is 34.0 Å². The molecule has 1 aliphatic rings. The summed E-state index contributed by atoms with van der Waals surface area (Å²) in [5.41, 5.74) is 0.189. The van der Waals surface area contributed by atoms with Crippen LogP contribution in [0.2, 0.25) is 0 Å². The smallest absolute Gasteiger partial charge is 0.201 e. The molecule has 2 aromatic rings. The maximum absolute atomic E-state index is 12.6. The molecule has 0 aliphatic heterocycles. The van der Waals surface area contributed by atoms with Gasteiger partial charge < -0.3 is 20.1 Å². The van der Waals surface area contributed by atoms with Crippen molar-refractivity contribution in [2.24, 2.45) is 0 Å². The predicted molar refractivity (Wildman–Crippen MR) is 75.6 cm³/mol. The number of benzene rings is 2. The van der Waals surface area contributed by atoms with Crippen LogP contribution in [0.4, 0.5) is 0 Å². The lowest BCUT2D eigenvalue weighted by molar-refractivity contribution is 0.0973. The zero-order valence-corrected chi connectivity index (χ0v) is 11.6. The highest BCUT2D eigenvalue weighted by atomic mass is 16.5. The number of carbonyl (C=O) groups is 2. The van der Waals surface area contributed by atoms with E-state index >= 15 is 0 Å². The van der Waals surface area contributed by atoms with Gasteiger partial charge in [-0.25, -0.2) is 0 Å². The average molecular weight is 300 g/mol. The third-order valence-corrected chi connectivity index (χ3v) is 3.61. The summed E-state index contributed by atoms with van der Waals surface area (Å²) in [7, 11) is 1.32. The van der Waals surface area contributed by atoms with Gasteiger partial charge in [-0.15, -0.1) is 0 Å². The normalized spacial score (nSPS) is 12.8. The summed E-state index contributed by atoms with van der Waals surface area (Å²) in [5.74, 6) is -1.61. The van der Waals surface area contributed by atoms with E-state index in [-0.39, 0.29) is 46.1 Å². The number of carbonyl (C=O) groups excluding carboxylic acids is 2. The molecule has 22 heavy (non-hydrogen) atoms. The highest BCUT2D eigenvalue weighted by Crippen LogP contribution is 2.39. The summed E-state index contributed by atoms with van der Waals surface area (Å²) in [4.78, 5) is 25.2. The number of rotatable bonds is 2. The monoisotopic (exact) mass is 300 g/mol. The van der Waals surface area contributed by atoms with Crippen molar-refractivity contribution in [1.82, 2.24) is 0 Å². The lowest BCUT2D eigenvalue weighted by Crippen LogP contribution is -2.22. The molecule has 3 rings (SSSR count). The molecule has 2 aromatic carbocycles. The highest BCUT2D eigenvalue weighted by molar-refractivity contribution is 6.30. The van der Waals surface area contributed by atoms with Gasteiger partial charge in [0.1, 0.15) is 17.2 Å². The average Bonchev–Trinajstić information content (AvgIpc) is 2.50. The molecule has 0 spiro atoms. The topological polar surface area (TPSA) is 104 Å². The fourth-order valence-electron chi connectivity index (χ4n) is 2.64. The molecule has 0 heterocycles. The Labute approximate surface area is 125 Å². The number of aliphatic hydroxyl groups excluding tert-OH is 1. The second-order valence-corrected chi connectivity index (χ2v) is 4.92.